The van der Waals surface area contributed by atoms with E-state index in [2.05, 4.69) is 0 Å². The summed E-state index contributed by atoms with van der Waals surface area (Å²) in [7, 11) is -4.12. The number of sulfonamides is 1. The molecule has 0 aliphatic heterocycles. The van der Waals surface area contributed by atoms with Gasteiger partial charge in [-0.1, -0.05) is 72.3 Å². The van der Waals surface area contributed by atoms with Crippen LogP contribution in [-0.2, 0) is 32.5 Å². The maximum Gasteiger partial charge on any atom is 0.338 e. The highest BCUT2D eigenvalue weighted by molar-refractivity contribution is 7.89. The zero-order valence-electron chi connectivity index (χ0n) is 17.7. The summed E-state index contributed by atoms with van der Waals surface area (Å²) in [6.45, 7) is 0.306. The van der Waals surface area contributed by atoms with Gasteiger partial charge < -0.3 is 9.64 Å². The predicted octanol–water partition coefficient (Wildman–Crippen LogP) is 3.42. The first-order chi connectivity index (χ1) is 15.7. The second-order valence-corrected chi connectivity index (χ2v) is 9.24. The van der Waals surface area contributed by atoms with Gasteiger partial charge in [-0.15, -0.1) is 0 Å². The van der Waals surface area contributed by atoms with Crippen LogP contribution in [0.4, 0.5) is 0 Å². The van der Waals surface area contributed by atoms with Crippen LogP contribution < -0.4 is 5.14 Å². The van der Waals surface area contributed by atoms with Crippen molar-refractivity contribution < 1.29 is 22.7 Å². The van der Waals surface area contributed by atoms with E-state index in [1.807, 2.05) is 60.7 Å². The molecule has 0 aliphatic rings. The molecule has 0 atom stereocenters. The fourth-order valence-electron chi connectivity index (χ4n) is 3.15. The van der Waals surface area contributed by atoms with Gasteiger partial charge in [-0.2, -0.15) is 0 Å². The van der Waals surface area contributed by atoms with E-state index >= 15 is 0 Å². The Labute approximate surface area is 197 Å². The topological polar surface area (TPSA) is 107 Å². The summed E-state index contributed by atoms with van der Waals surface area (Å²) >= 11 is 5.84. The molecule has 33 heavy (non-hydrogen) atoms. The second-order valence-electron chi connectivity index (χ2n) is 7.30. The summed E-state index contributed by atoms with van der Waals surface area (Å²) in [6, 6.07) is 22.8. The SMILES string of the molecule is NS(=O)(=O)c1cc(C(=O)OCC(=O)N(CCc2ccccc2)Cc2ccccc2)ccc1Cl. The minimum Gasteiger partial charge on any atom is -0.452 e. The molecule has 0 aromatic heterocycles. The summed E-state index contributed by atoms with van der Waals surface area (Å²) in [5.41, 5.74) is 1.95. The molecule has 3 aromatic carbocycles. The standard InChI is InChI=1S/C24H23ClN2O5S/c25-21-12-11-20(15-22(21)33(26,30)31)24(29)32-17-23(28)27(16-19-9-5-2-6-10-19)14-13-18-7-3-1-4-8-18/h1-12,15H,13-14,16-17H2,(H2,26,30,31). The zero-order chi connectivity index (χ0) is 23.8. The van der Waals surface area contributed by atoms with Gasteiger partial charge in [0.2, 0.25) is 10.0 Å². The molecule has 0 unspecified atom stereocenters. The van der Waals surface area contributed by atoms with Crippen molar-refractivity contribution in [3.63, 3.8) is 0 Å². The van der Waals surface area contributed by atoms with Gasteiger partial charge in [0.15, 0.2) is 6.61 Å². The number of carbonyl (C=O) groups excluding carboxylic acids is 2. The molecule has 0 spiro atoms. The summed E-state index contributed by atoms with van der Waals surface area (Å²) in [4.78, 5) is 26.6. The zero-order valence-corrected chi connectivity index (χ0v) is 19.3. The van der Waals surface area contributed by atoms with E-state index in [4.69, 9.17) is 21.5 Å². The Morgan fingerprint density at radius 1 is 0.909 bits per heavy atom. The third kappa shape index (κ3) is 7.15. The van der Waals surface area contributed by atoms with Gasteiger partial charge in [-0.25, -0.2) is 18.4 Å². The lowest BCUT2D eigenvalue weighted by Crippen LogP contribution is -2.35. The molecule has 0 aliphatic carbocycles. The Morgan fingerprint density at radius 3 is 2.12 bits per heavy atom. The fraction of sp³-hybridized carbons (Fsp3) is 0.167. The number of esters is 1. The number of nitrogens with two attached hydrogens (primary N) is 1. The van der Waals surface area contributed by atoms with Crippen molar-refractivity contribution in [2.75, 3.05) is 13.2 Å². The maximum absolute atomic E-state index is 12.9. The van der Waals surface area contributed by atoms with Crippen LogP contribution in [0.1, 0.15) is 21.5 Å². The Morgan fingerprint density at radius 2 is 1.52 bits per heavy atom. The Bertz CT molecular complexity index is 1220. The summed E-state index contributed by atoms with van der Waals surface area (Å²) in [5, 5.41) is 5.01. The minimum absolute atomic E-state index is 0.0740. The van der Waals surface area contributed by atoms with E-state index in [0.29, 0.717) is 19.5 Å². The van der Waals surface area contributed by atoms with Gasteiger partial charge in [-0.3, -0.25) is 4.79 Å². The molecule has 9 heteroatoms. The van der Waals surface area contributed by atoms with Crippen LogP contribution in [0.25, 0.3) is 0 Å². The number of ether oxygens (including phenoxy) is 1. The molecule has 0 bridgehead atoms. The average molecular weight is 487 g/mol. The summed E-state index contributed by atoms with van der Waals surface area (Å²) in [5.74, 6) is -1.23. The van der Waals surface area contributed by atoms with E-state index in [9.17, 15) is 18.0 Å². The van der Waals surface area contributed by atoms with Crippen LogP contribution in [0.3, 0.4) is 0 Å². The van der Waals surface area contributed by atoms with Crippen molar-refractivity contribution in [2.45, 2.75) is 17.9 Å². The number of halogens is 1. The number of hydrogen-bond donors (Lipinski definition) is 1. The Balaban J connectivity index is 1.68. The summed E-state index contributed by atoms with van der Waals surface area (Å²) < 4.78 is 28.4. The lowest BCUT2D eigenvalue weighted by Gasteiger charge is -2.23. The maximum atomic E-state index is 12.9. The van der Waals surface area contributed by atoms with Crippen LogP contribution in [-0.4, -0.2) is 38.3 Å². The van der Waals surface area contributed by atoms with Crippen LogP contribution in [0.15, 0.2) is 83.8 Å². The molecule has 0 saturated heterocycles. The number of amides is 1. The van der Waals surface area contributed by atoms with Gasteiger partial charge in [0.25, 0.3) is 5.91 Å². The van der Waals surface area contributed by atoms with Gasteiger partial charge in [0.05, 0.1) is 10.6 Å². The van der Waals surface area contributed by atoms with Crippen molar-refractivity contribution in [1.29, 1.82) is 0 Å². The third-order valence-corrected chi connectivity index (χ3v) is 6.27. The molecular weight excluding hydrogens is 464 g/mol. The summed E-state index contributed by atoms with van der Waals surface area (Å²) in [6.07, 6.45) is 0.641. The average Bonchev–Trinajstić information content (AvgIpc) is 2.80. The highest BCUT2D eigenvalue weighted by Gasteiger charge is 2.20. The smallest absolute Gasteiger partial charge is 0.338 e. The number of rotatable bonds is 9. The van der Waals surface area contributed by atoms with Crippen molar-refractivity contribution in [3.8, 4) is 0 Å². The lowest BCUT2D eigenvalue weighted by atomic mass is 10.1. The van der Waals surface area contributed by atoms with Crippen molar-refractivity contribution in [1.82, 2.24) is 4.90 Å². The molecule has 2 N–H and O–H groups in total. The largest absolute Gasteiger partial charge is 0.452 e. The van der Waals surface area contributed by atoms with Crippen LogP contribution in [0, 0.1) is 0 Å². The van der Waals surface area contributed by atoms with Crippen LogP contribution in [0.2, 0.25) is 5.02 Å². The molecule has 3 rings (SSSR count). The van der Waals surface area contributed by atoms with Crippen molar-refractivity contribution in [3.05, 3.63) is 101 Å². The molecule has 0 fully saturated rings. The molecule has 0 saturated carbocycles. The quantitative estimate of drug-likeness (QED) is 0.466. The lowest BCUT2D eigenvalue weighted by molar-refractivity contribution is -0.135. The third-order valence-electron chi connectivity index (χ3n) is 4.88. The molecule has 7 nitrogen and oxygen atoms in total. The molecule has 0 heterocycles. The van der Waals surface area contributed by atoms with E-state index in [-0.39, 0.29) is 16.5 Å². The highest BCUT2D eigenvalue weighted by Crippen LogP contribution is 2.22. The number of nitrogens with zero attached hydrogens (tertiary/aromatic N) is 1. The predicted molar refractivity (Wildman–Crippen MR) is 125 cm³/mol. The normalized spacial score (nSPS) is 11.1. The minimum atomic E-state index is -4.12. The monoisotopic (exact) mass is 486 g/mol. The van der Waals surface area contributed by atoms with E-state index in [0.717, 1.165) is 17.2 Å². The van der Waals surface area contributed by atoms with Gasteiger partial charge in [-0.05, 0) is 35.7 Å². The van der Waals surface area contributed by atoms with Crippen LogP contribution in [0.5, 0.6) is 0 Å². The molecule has 3 aromatic rings. The van der Waals surface area contributed by atoms with Crippen molar-refractivity contribution >= 4 is 33.5 Å². The Hall–Kier alpha value is -3.20. The Kier molecular flexibility index (Phi) is 8.21. The first kappa shape index (κ1) is 24.4. The van der Waals surface area contributed by atoms with Gasteiger partial charge in [0.1, 0.15) is 4.90 Å². The highest BCUT2D eigenvalue weighted by atomic mass is 35.5. The second kappa shape index (κ2) is 11.1. The number of primary sulfonamides is 1. The number of hydrogen-bond acceptors (Lipinski definition) is 5. The number of carbonyl (C=O) groups is 2. The first-order valence-electron chi connectivity index (χ1n) is 10.1. The first-order valence-corrected chi connectivity index (χ1v) is 12.0. The molecule has 1 amide bonds. The number of benzene rings is 3. The van der Waals surface area contributed by atoms with Crippen LogP contribution >= 0.6 is 11.6 Å². The van der Waals surface area contributed by atoms with E-state index in [1.165, 1.54) is 12.1 Å². The molecule has 0 radical (unpaired) electrons. The molecular formula is C24H23ClN2O5S. The fourth-order valence-corrected chi connectivity index (χ4v) is 4.23. The van der Waals surface area contributed by atoms with E-state index in [1.54, 1.807) is 4.90 Å². The van der Waals surface area contributed by atoms with E-state index < -0.39 is 27.5 Å². The molecule has 172 valence electrons. The van der Waals surface area contributed by atoms with Crippen molar-refractivity contribution in [2.24, 2.45) is 5.14 Å². The van der Waals surface area contributed by atoms with Gasteiger partial charge >= 0.3 is 5.97 Å². The van der Waals surface area contributed by atoms with Gasteiger partial charge in [0, 0.05) is 13.1 Å².